The maximum atomic E-state index is 12.6. The Morgan fingerprint density at radius 1 is 1.37 bits per heavy atom. The van der Waals surface area contributed by atoms with Crippen molar-refractivity contribution in [3.63, 3.8) is 0 Å². The molecule has 2 rings (SSSR count). The van der Waals surface area contributed by atoms with E-state index in [0.29, 0.717) is 24.6 Å². The Hall–Kier alpha value is -0.910. The molecule has 4 nitrogen and oxygen atoms in total. The van der Waals surface area contributed by atoms with Crippen LogP contribution in [0.1, 0.15) is 31.7 Å². The van der Waals surface area contributed by atoms with E-state index in [2.05, 4.69) is 6.92 Å². The molecule has 1 N–H and O–H groups in total. The zero-order valence-electron chi connectivity index (χ0n) is 11.2. The monoisotopic (exact) mass is 283 g/mol. The second kappa shape index (κ2) is 6.03. The Labute approximate surface area is 115 Å². The van der Waals surface area contributed by atoms with Crippen LogP contribution in [0.15, 0.2) is 29.2 Å². The van der Waals surface area contributed by atoms with Gasteiger partial charge in [-0.15, -0.1) is 0 Å². The molecule has 0 aromatic heterocycles. The smallest absolute Gasteiger partial charge is 0.243 e. The van der Waals surface area contributed by atoms with E-state index in [9.17, 15) is 13.5 Å². The quantitative estimate of drug-likeness (QED) is 0.919. The minimum Gasteiger partial charge on any atom is -0.392 e. The molecule has 0 radical (unpaired) electrons. The van der Waals surface area contributed by atoms with Gasteiger partial charge in [-0.05, 0) is 30.4 Å². The Balaban J connectivity index is 2.31. The molecular weight excluding hydrogens is 262 g/mol. The van der Waals surface area contributed by atoms with E-state index in [1.54, 1.807) is 28.6 Å². The van der Waals surface area contributed by atoms with Crippen LogP contribution in [0, 0.1) is 5.92 Å². The first-order valence-corrected chi connectivity index (χ1v) is 8.22. The molecule has 1 heterocycles. The van der Waals surface area contributed by atoms with Crippen LogP contribution >= 0.6 is 0 Å². The van der Waals surface area contributed by atoms with Gasteiger partial charge in [0.05, 0.1) is 11.5 Å². The average molecular weight is 283 g/mol. The first-order valence-electron chi connectivity index (χ1n) is 6.78. The maximum absolute atomic E-state index is 12.6. The molecule has 0 spiro atoms. The van der Waals surface area contributed by atoms with Crippen molar-refractivity contribution in [3.8, 4) is 0 Å². The number of hydrogen-bond acceptors (Lipinski definition) is 3. The normalized spacial score (nSPS) is 21.5. The van der Waals surface area contributed by atoms with Crippen molar-refractivity contribution in [1.82, 2.24) is 4.31 Å². The number of hydrogen-bond donors (Lipinski definition) is 1. The Bertz CT molecular complexity index is 527. The van der Waals surface area contributed by atoms with Gasteiger partial charge in [0.15, 0.2) is 0 Å². The van der Waals surface area contributed by atoms with Crippen molar-refractivity contribution in [2.75, 3.05) is 13.1 Å². The topological polar surface area (TPSA) is 57.6 Å². The number of aliphatic hydroxyl groups excluding tert-OH is 1. The van der Waals surface area contributed by atoms with Crippen molar-refractivity contribution in [1.29, 1.82) is 0 Å². The summed E-state index contributed by atoms with van der Waals surface area (Å²) in [5, 5.41) is 9.30. The van der Waals surface area contributed by atoms with Crippen LogP contribution < -0.4 is 0 Å². The molecule has 1 aromatic carbocycles. The Morgan fingerprint density at radius 3 is 2.79 bits per heavy atom. The Kier molecular flexibility index (Phi) is 4.60. The third-order valence-electron chi connectivity index (χ3n) is 3.82. The molecule has 0 amide bonds. The first-order chi connectivity index (χ1) is 9.09. The van der Waals surface area contributed by atoms with Gasteiger partial charge in [0.2, 0.25) is 10.0 Å². The van der Waals surface area contributed by atoms with Crippen molar-refractivity contribution >= 4 is 10.0 Å². The zero-order chi connectivity index (χ0) is 13.9. The van der Waals surface area contributed by atoms with E-state index >= 15 is 0 Å². The van der Waals surface area contributed by atoms with Crippen LogP contribution in [-0.2, 0) is 16.6 Å². The summed E-state index contributed by atoms with van der Waals surface area (Å²) in [6.45, 7) is 3.03. The molecule has 1 saturated heterocycles. The zero-order valence-corrected chi connectivity index (χ0v) is 12.1. The summed E-state index contributed by atoms with van der Waals surface area (Å²) < 4.78 is 26.9. The molecular formula is C14H21NO3S. The van der Waals surface area contributed by atoms with Crippen LogP contribution in [-0.4, -0.2) is 30.9 Å². The van der Waals surface area contributed by atoms with Gasteiger partial charge in [-0.1, -0.05) is 31.5 Å². The molecule has 0 aliphatic carbocycles. The molecule has 1 unspecified atom stereocenters. The fourth-order valence-electron chi connectivity index (χ4n) is 2.60. The number of aliphatic hydroxyl groups is 1. The third kappa shape index (κ3) is 2.99. The maximum Gasteiger partial charge on any atom is 0.243 e. The largest absolute Gasteiger partial charge is 0.392 e. The van der Waals surface area contributed by atoms with Gasteiger partial charge in [-0.2, -0.15) is 4.31 Å². The van der Waals surface area contributed by atoms with Gasteiger partial charge in [0.25, 0.3) is 0 Å². The standard InChI is InChI=1S/C14H21NO3S/c1-2-12-6-5-9-15(10-12)19(17,18)14-8-4-3-7-13(14)11-16/h3-4,7-8,12,16H,2,5-6,9-11H2,1H3. The summed E-state index contributed by atoms with van der Waals surface area (Å²) in [7, 11) is -3.47. The first kappa shape index (κ1) is 14.5. The molecule has 1 atom stereocenters. The molecule has 0 bridgehead atoms. The van der Waals surface area contributed by atoms with E-state index in [1.807, 2.05) is 0 Å². The van der Waals surface area contributed by atoms with E-state index in [-0.39, 0.29) is 11.5 Å². The van der Waals surface area contributed by atoms with Gasteiger partial charge in [0.1, 0.15) is 0 Å². The molecule has 1 fully saturated rings. The van der Waals surface area contributed by atoms with E-state index in [4.69, 9.17) is 0 Å². The van der Waals surface area contributed by atoms with E-state index in [1.165, 1.54) is 0 Å². The van der Waals surface area contributed by atoms with Crippen LogP contribution in [0.2, 0.25) is 0 Å². The lowest BCUT2D eigenvalue weighted by atomic mass is 9.97. The average Bonchev–Trinajstić information content (AvgIpc) is 2.47. The predicted octanol–water partition coefficient (Wildman–Crippen LogP) is 1.99. The van der Waals surface area contributed by atoms with Crippen molar-refractivity contribution in [3.05, 3.63) is 29.8 Å². The number of piperidine rings is 1. The fraction of sp³-hybridized carbons (Fsp3) is 0.571. The highest BCUT2D eigenvalue weighted by molar-refractivity contribution is 7.89. The second-order valence-electron chi connectivity index (χ2n) is 5.05. The molecule has 5 heteroatoms. The summed E-state index contributed by atoms with van der Waals surface area (Å²) in [4.78, 5) is 0.245. The number of benzene rings is 1. The van der Waals surface area contributed by atoms with Crippen molar-refractivity contribution in [2.45, 2.75) is 37.7 Å². The van der Waals surface area contributed by atoms with Crippen LogP contribution in [0.25, 0.3) is 0 Å². The minimum atomic E-state index is -3.47. The van der Waals surface area contributed by atoms with Gasteiger partial charge in [-0.25, -0.2) is 8.42 Å². The van der Waals surface area contributed by atoms with Crippen LogP contribution in [0.5, 0.6) is 0 Å². The highest BCUT2D eigenvalue weighted by atomic mass is 32.2. The van der Waals surface area contributed by atoms with Gasteiger partial charge in [0, 0.05) is 13.1 Å². The van der Waals surface area contributed by atoms with Crippen molar-refractivity contribution < 1.29 is 13.5 Å². The lowest BCUT2D eigenvalue weighted by Crippen LogP contribution is -2.40. The van der Waals surface area contributed by atoms with E-state index < -0.39 is 10.0 Å². The predicted molar refractivity (Wildman–Crippen MR) is 74.1 cm³/mol. The second-order valence-corrected chi connectivity index (χ2v) is 6.95. The highest BCUT2D eigenvalue weighted by Crippen LogP contribution is 2.26. The lowest BCUT2D eigenvalue weighted by Gasteiger charge is -2.31. The van der Waals surface area contributed by atoms with Gasteiger partial charge in [-0.3, -0.25) is 0 Å². The van der Waals surface area contributed by atoms with Crippen molar-refractivity contribution in [2.24, 2.45) is 5.92 Å². The summed E-state index contributed by atoms with van der Waals surface area (Å²) in [6, 6.07) is 6.69. The van der Waals surface area contributed by atoms with Crippen LogP contribution in [0.4, 0.5) is 0 Å². The lowest BCUT2D eigenvalue weighted by molar-refractivity contribution is 0.259. The molecule has 1 aliphatic heterocycles. The summed E-state index contributed by atoms with van der Waals surface area (Å²) >= 11 is 0. The SMILES string of the molecule is CCC1CCCN(S(=O)(=O)c2ccccc2CO)C1. The molecule has 1 aliphatic rings. The molecule has 106 valence electrons. The third-order valence-corrected chi connectivity index (χ3v) is 5.79. The molecule has 19 heavy (non-hydrogen) atoms. The molecule has 0 saturated carbocycles. The van der Waals surface area contributed by atoms with E-state index in [0.717, 1.165) is 19.3 Å². The highest BCUT2D eigenvalue weighted by Gasteiger charge is 2.30. The summed E-state index contributed by atoms with van der Waals surface area (Å²) in [5.74, 6) is 0.449. The fourth-order valence-corrected chi connectivity index (χ4v) is 4.37. The van der Waals surface area contributed by atoms with Gasteiger partial charge < -0.3 is 5.11 Å². The number of sulfonamides is 1. The summed E-state index contributed by atoms with van der Waals surface area (Å²) in [6.07, 6.45) is 3.02. The molecule has 1 aromatic rings. The van der Waals surface area contributed by atoms with Crippen LogP contribution in [0.3, 0.4) is 0 Å². The minimum absolute atomic E-state index is 0.245. The number of rotatable bonds is 4. The number of nitrogens with zero attached hydrogens (tertiary/aromatic N) is 1. The van der Waals surface area contributed by atoms with Gasteiger partial charge >= 0.3 is 0 Å². The summed E-state index contributed by atoms with van der Waals surface area (Å²) in [5.41, 5.74) is 0.473. The Morgan fingerprint density at radius 2 is 2.11 bits per heavy atom.